The lowest BCUT2D eigenvalue weighted by Gasteiger charge is -2.11. The van der Waals surface area contributed by atoms with Gasteiger partial charge in [0.2, 0.25) is 10.0 Å². The maximum atomic E-state index is 15.5. The Labute approximate surface area is 191 Å². The molecule has 168 valence electrons. The third kappa shape index (κ3) is 4.83. The van der Waals surface area contributed by atoms with Gasteiger partial charge in [0.05, 0.1) is 17.1 Å². The van der Waals surface area contributed by atoms with Crippen LogP contribution in [0.1, 0.15) is 23.7 Å². The number of aromatic nitrogens is 3. The van der Waals surface area contributed by atoms with E-state index in [4.69, 9.17) is 0 Å². The summed E-state index contributed by atoms with van der Waals surface area (Å²) in [6.45, 7) is 1.74. The Balaban J connectivity index is 1.85. The molecule has 9 heteroatoms. The minimum absolute atomic E-state index is 0.104. The van der Waals surface area contributed by atoms with Crippen LogP contribution in [0, 0.1) is 5.82 Å². The van der Waals surface area contributed by atoms with Gasteiger partial charge in [-0.15, -0.1) is 0 Å². The number of hydrogen-bond acceptors (Lipinski definition) is 5. The molecule has 0 bridgehead atoms. The Morgan fingerprint density at radius 3 is 2.42 bits per heavy atom. The van der Waals surface area contributed by atoms with Crippen LogP contribution in [0.3, 0.4) is 0 Å². The highest BCUT2D eigenvalue weighted by molar-refractivity contribution is 7.92. The van der Waals surface area contributed by atoms with Crippen molar-refractivity contribution < 1.29 is 17.6 Å². The number of hydrogen-bond donors (Lipinski definition) is 1. The van der Waals surface area contributed by atoms with Gasteiger partial charge in [-0.2, -0.15) is 5.10 Å². The zero-order valence-electron chi connectivity index (χ0n) is 17.8. The molecule has 0 aliphatic rings. The van der Waals surface area contributed by atoms with Crippen LogP contribution in [-0.4, -0.2) is 35.2 Å². The molecular weight excluding hydrogens is 443 g/mol. The number of pyridine rings is 1. The van der Waals surface area contributed by atoms with Crippen LogP contribution in [0.5, 0.6) is 0 Å². The molecule has 0 saturated carbocycles. The van der Waals surface area contributed by atoms with E-state index in [1.54, 1.807) is 78.7 Å². The van der Waals surface area contributed by atoms with Crippen molar-refractivity contribution in [2.24, 2.45) is 0 Å². The number of anilines is 1. The van der Waals surface area contributed by atoms with Gasteiger partial charge in [-0.3, -0.25) is 14.5 Å². The fourth-order valence-corrected chi connectivity index (χ4v) is 4.57. The number of benzene rings is 2. The van der Waals surface area contributed by atoms with Crippen molar-refractivity contribution in [1.82, 2.24) is 14.8 Å². The number of aldehydes is 1. The Kier molecular flexibility index (Phi) is 6.32. The number of nitrogens with one attached hydrogen (secondary N) is 1. The third-order valence-electron chi connectivity index (χ3n) is 4.99. The van der Waals surface area contributed by atoms with Crippen LogP contribution in [0.25, 0.3) is 28.1 Å². The first-order chi connectivity index (χ1) is 15.9. The quantitative estimate of drug-likeness (QED) is 0.381. The molecule has 2 aromatic heterocycles. The standard InChI is InChI=1S/C24H21FN4O3S/c1-2-14-33(31,32)28-22-5-3-4-20(23(22)25)21-15-29(19-8-6-17(16-30)7-9-19)27-24(21)18-10-12-26-13-11-18/h3-13,15-16,28H,2,14H2,1H3. The van der Waals surface area contributed by atoms with Crippen molar-refractivity contribution in [2.45, 2.75) is 13.3 Å². The highest BCUT2D eigenvalue weighted by Gasteiger charge is 2.20. The first-order valence-electron chi connectivity index (χ1n) is 10.3. The summed E-state index contributed by atoms with van der Waals surface area (Å²) in [5, 5.41) is 4.65. The van der Waals surface area contributed by atoms with E-state index in [0.717, 1.165) is 11.8 Å². The minimum Gasteiger partial charge on any atom is -0.298 e. The molecule has 0 unspecified atom stereocenters. The highest BCUT2D eigenvalue weighted by atomic mass is 32.2. The minimum atomic E-state index is -3.66. The van der Waals surface area contributed by atoms with Gasteiger partial charge in [0.25, 0.3) is 0 Å². The molecule has 0 aliphatic heterocycles. The number of carbonyl (C=O) groups excluding carboxylic acids is 1. The summed E-state index contributed by atoms with van der Waals surface area (Å²) < 4.78 is 43.9. The summed E-state index contributed by atoms with van der Waals surface area (Å²) in [6, 6.07) is 14.9. The fraction of sp³-hybridized carbons (Fsp3) is 0.125. The first-order valence-corrected chi connectivity index (χ1v) is 11.9. The molecule has 4 rings (SSSR count). The molecule has 0 spiro atoms. The number of nitrogens with zero attached hydrogens (tertiary/aromatic N) is 3. The average molecular weight is 465 g/mol. The summed E-state index contributed by atoms with van der Waals surface area (Å²) >= 11 is 0. The molecule has 2 aromatic carbocycles. The predicted molar refractivity (Wildman–Crippen MR) is 125 cm³/mol. The van der Waals surface area contributed by atoms with Gasteiger partial charge >= 0.3 is 0 Å². The number of rotatable bonds is 8. The smallest absolute Gasteiger partial charge is 0.232 e. The van der Waals surface area contributed by atoms with E-state index < -0.39 is 15.8 Å². The molecule has 0 fully saturated rings. The maximum Gasteiger partial charge on any atom is 0.232 e. The number of carbonyl (C=O) groups is 1. The Morgan fingerprint density at radius 2 is 1.76 bits per heavy atom. The van der Waals surface area contributed by atoms with E-state index >= 15 is 4.39 Å². The number of sulfonamides is 1. The third-order valence-corrected chi connectivity index (χ3v) is 6.47. The van der Waals surface area contributed by atoms with Crippen molar-refractivity contribution in [2.75, 3.05) is 10.5 Å². The molecule has 0 aliphatic carbocycles. The van der Waals surface area contributed by atoms with Crippen LogP contribution in [-0.2, 0) is 10.0 Å². The number of halogens is 1. The summed E-state index contributed by atoms with van der Waals surface area (Å²) in [5.41, 5.74) is 3.00. The zero-order chi connectivity index (χ0) is 23.4. The Hall–Kier alpha value is -3.85. The second-order valence-corrected chi connectivity index (χ2v) is 9.21. The summed E-state index contributed by atoms with van der Waals surface area (Å²) in [4.78, 5) is 15.0. The highest BCUT2D eigenvalue weighted by Crippen LogP contribution is 2.35. The van der Waals surface area contributed by atoms with Gasteiger partial charge in [-0.1, -0.05) is 19.1 Å². The van der Waals surface area contributed by atoms with E-state index in [-0.39, 0.29) is 17.0 Å². The van der Waals surface area contributed by atoms with Crippen LogP contribution in [0.4, 0.5) is 10.1 Å². The van der Waals surface area contributed by atoms with Gasteiger partial charge < -0.3 is 0 Å². The Morgan fingerprint density at radius 1 is 1.03 bits per heavy atom. The van der Waals surface area contributed by atoms with Crippen molar-refractivity contribution >= 4 is 22.0 Å². The second kappa shape index (κ2) is 9.33. The van der Waals surface area contributed by atoms with Crippen molar-refractivity contribution in [1.29, 1.82) is 0 Å². The average Bonchev–Trinajstić information content (AvgIpc) is 3.26. The van der Waals surface area contributed by atoms with E-state index in [2.05, 4.69) is 14.8 Å². The van der Waals surface area contributed by atoms with E-state index in [0.29, 0.717) is 28.9 Å². The molecule has 4 aromatic rings. The first kappa shape index (κ1) is 22.3. The second-order valence-electron chi connectivity index (χ2n) is 7.37. The molecule has 33 heavy (non-hydrogen) atoms. The maximum absolute atomic E-state index is 15.5. The largest absolute Gasteiger partial charge is 0.298 e. The van der Waals surface area contributed by atoms with Crippen LogP contribution in [0.15, 0.2) is 73.2 Å². The molecule has 0 amide bonds. The van der Waals surface area contributed by atoms with Gasteiger partial charge in [-0.25, -0.2) is 17.5 Å². The molecular formula is C24H21FN4O3S. The van der Waals surface area contributed by atoms with Gasteiger partial charge in [-0.05, 0) is 48.9 Å². The van der Waals surface area contributed by atoms with Crippen molar-refractivity contribution in [3.05, 3.63) is 84.6 Å². The molecule has 0 saturated heterocycles. The summed E-state index contributed by atoms with van der Waals surface area (Å²) in [6.07, 6.45) is 6.07. The summed E-state index contributed by atoms with van der Waals surface area (Å²) in [7, 11) is -3.66. The van der Waals surface area contributed by atoms with Crippen molar-refractivity contribution in [3.63, 3.8) is 0 Å². The van der Waals surface area contributed by atoms with E-state index in [1.165, 1.54) is 6.07 Å². The van der Waals surface area contributed by atoms with Gasteiger partial charge in [0, 0.05) is 40.8 Å². The van der Waals surface area contributed by atoms with Gasteiger partial charge in [0.1, 0.15) is 12.0 Å². The van der Waals surface area contributed by atoms with Crippen LogP contribution in [0.2, 0.25) is 0 Å². The van der Waals surface area contributed by atoms with E-state index in [9.17, 15) is 13.2 Å². The molecule has 1 N–H and O–H groups in total. The molecule has 0 atom stereocenters. The topological polar surface area (TPSA) is 94.0 Å². The van der Waals surface area contributed by atoms with Crippen molar-refractivity contribution in [3.8, 4) is 28.1 Å². The van der Waals surface area contributed by atoms with Crippen LogP contribution >= 0.6 is 0 Å². The fourth-order valence-electron chi connectivity index (χ4n) is 3.44. The van der Waals surface area contributed by atoms with Crippen LogP contribution < -0.4 is 4.72 Å². The lowest BCUT2D eigenvalue weighted by atomic mass is 10.0. The molecule has 2 heterocycles. The normalized spacial score (nSPS) is 11.3. The van der Waals surface area contributed by atoms with E-state index in [1.807, 2.05) is 0 Å². The lowest BCUT2D eigenvalue weighted by molar-refractivity contribution is 0.112. The monoisotopic (exact) mass is 464 g/mol. The van der Waals surface area contributed by atoms with Gasteiger partial charge in [0.15, 0.2) is 5.82 Å². The predicted octanol–water partition coefficient (Wildman–Crippen LogP) is 4.70. The summed E-state index contributed by atoms with van der Waals surface area (Å²) in [5.74, 6) is -0.795. The zero-order valence-corrected chi connectivity index (χ0v) is 18.6. The molecule has 0 radical (unpaired) electrons. The molecule has 7 nitrogen and oxygen atoms in total. The SMILES string of the molecule is CCCS(=O)(=O)Nc1cccc(-c2cn(-c3ccc(C=O)cc3)nc2-c2ccncc2)c1F. The lowest BCUT2D eigenvalue weighted by Crippen LogP contribution is -2.17. The Bertz CT molecular complexity index is 1390.